The zero-order chi connectivity index (χ0) is 13.0. The standard InChI is InChI=1S/C12H18N4OS/c1-9(2)5-16-12(13-8-14-16)7-18-6-11-4-10(3)15-17-11/h4,8-9H,5-7H2,1-3H3. The van der Waals surface area contributed by atoms with Gasteiger partial charge in [0.05, 0.1) is 17.2 Å². The first kappa shape index (κ1) is 13.1. The average Bonchev–Trinajstić information content (AvgIpc) is 2.88. The van der Waals surface area contributed by atoms with Gasteiger partial charge in [-0.1, -0.05) is 19.0 Å². The largest absolute Gasteiger partial charge is 0.360 e. The van der Waals surface area contributed by atoms with Crippen LogP contribution in [0.1, 0.15) is 31.1 Å². The van der Waals surface area contributed by atoms with E-state index in [0.717, 1.165) is 35.3 Å². The molecule has 0 amide bonds. The Morgan fingerprint density at radius 1 is 1.39 bits per heavy atom. The molecule has 6 heteroatoms. The molecule has 0 fully saturated rings. The van der Waals surface area contributed by atoms with Crippen LogP contribution in [0.15, 0.2) is 16.9 Å². The predicted molar refractivity (Wildman–Crippen MR) is 71.1 cm³/mol. The van der Waals surface area contributed by atoms with Crippen molar-refractivity contribution in [2.75, 3.05) is 0 Å². The highest BCUT2D eigenvalue weighted by molar-refractivity contribution is 7.97. The van der Waals surface area contributed by atoms with Crippen molar-refractivity contribution in [1.29, 1.82) is 0 Å². The van der Waals surface area contributed by atoms with Crippen LogP contribution in [0, 0.1) is 12.8 Å². The third-order valence-corrected chi connectivity index (χ3v) is 3.34. The Labute approximate surface area is 111 Å². The van der Waals surface area contributed by atoms with Crippen molar-refractivity contribution in [3.8, 4) is 0 Å². The molecular formula is C12H18N4OS. The fraction of sp³-hybridized carbons (Fsp3) is 0.583. The lowest BCUT2D eigenvalue weighted by Crippen LogP contribution is -2.09. The maximum Gasteiger partial charge on any atom is 0.146 e. The summed E-state index contributed by atoms with van der Waals surface area (Å²) in [7, 11) is 0. The van der Waals surface area contributed by atoms with Crippen LogP contribution in [0.3, 0.4) is 0 Å². The maximum atomic E-state index is 5.16. The third kappa shape index (κ3) is 3.60. The summed E-state index contributed by atoms with van der Waals surface area (Å²) < 4.78 is 7.14. The Hall–Kier alpha value is -1.30. The summed E-state index contributed by atoms with van der Waals surface area (Å²) in [5.41, 5.74) is 0.925. The van der Waals surface area contributed by atoms with E-state index in [1.54, 1.807) is 18.1 Å². The summed E-state index contributed by atoms with van der Waals surface area (Å²) in [6, 6.07) is 1.96. The molecule has 2 rings (SSSR count). The van der Waals surface area contributed by atoms with Gasteiger partial charge >= 0.3 is 0 Å². The van der Waals surface area contributed by atoms with Crippen LogP contribution in [0.25, 0.3) is 0 Å². The highest BCUT2D eigenvalue weighted by Crippen LogP contribution is 2.17. The van der Waals surface area contributed by atoms with Crippen molar-refractivity contribution in [3.05, 3.63) is 29.7 Å². The molecule has 0 saturated heterocycles. The lowest BCUT2D eigenvalue weighted by molar-refractivity contribution is 0.391. The first-order chi connectivity index (χ1) is 8.65. The first-order valence-electron chi connectivity index (χ1n) is 6.01. The SMILES string of the molecule is Cc1cc(CSCc2ncnn2CC(C)C)on1. The van der Waals surface area contributed by atoms with E-state index in [1.165, 1.54) is 0 Å². The number of hydrogen-bond acceptors (Lipinski definition) is 5. The maximum absolute atomic E-state index is 5.16. The van der Waals surface area contributed by atoms with Crippen LogP contribution < -0.4 is 0 Å². The average molecular weight is 266 g/mol. The van der Waals surface area contributed by atoms with E-state index in [4.69, 9.17) is 4.52 Å². The first-order valence-corrected chi connectivity index (χ1v) is 7.17. The van der Waals surface area contributed by atoms with Gasteiger partial charge in [0, 0.05) is 12.6 Å². The smallest absolute Gasteiger partial charge is 0.146 e. The van der Waals surface area contributed by atoms with E-state index in [0.29, 0.717) is 5.92 Å². The monoisotopic (exact) mass is 266 g/mol. The molecule has 98 valence electrons. The topological polar surface area (TPSA) is 56.7 Å². The molecule has 0 N–H and O–H groups in total. The molecule has 0 saturated carbocycles. The zero-order valence-electron chi connectivity index (χ0n) is 11.0. The third-order valence-electron chi connectivity index (χ3n) is 2.39. The Bertz CT molecular complexity index is 492. The number of hydrogen-bond donors (Lipinski definition) is 0. The number of rotatable bonds is 6. The van der Waals surface area contributed by atoms with Gasteiger partial charge in [0.15, 0.2) is 0 Å². The molecule has 0 atom stereocenters. The number of aryl methyl sites for hydroxylation is 1. The summed E-state index contributed by atoms with van der Waals surface area (Å²) in [5, 5.41) is 8.11. The Balaban J connectivity index is 1.84. The minimum absolute atomic E-state index is 0.576. The van der Waals surface area contributed by atoms with Crippen molar-refractivity contribution < 1.29 is 4.52 Å². The molecule has 2 aromatic heterocycles. The van der Waals surface area contributed by atoms with Crippen LogP contribution in [0.5, 0.6) is 0 Å². The van der Waals surface area contributed by atoms with Gasteiger partial charge in [-0.2, -0.15) is 5.10 Å². The second-order valence-corrected chi connectivity index (χ2v) is 5.67. The minimum Gasteiger partial charge on any atom is -0.360 e. The fourth-order valence-corrected chi connectivity index (χ4v) is 2.47. The van der Waals surface area contributed by atoms with Gasteiger partial charge in [-0.05, 0) is 12.8 Å². The molecule has 0 aromatic carbocycles. The van der Waals surface area contributed by atoms with Gasteiger partial charge in [-0.25, -0.2) is 9.67 Å². The molecule has 0 spiro atoms. The second kappa shape index (κ2) is 6.04. The predicted octanol–water partition coefficient (Wildman–Crippen LogP) is 2.66. The molecule has 2 aromatic rings. The second-order valence-electron chi connectivity index (χ2n) is 4.68. The van der Waals surface area contributed by atoms with Gasteiger partial charge in [-0.15, -0.1) is 11.8 Å². The summed E-state index contributed by atoms with van der Waals surface area (Å²) in [6.07, 6.45) is 1.62. The normalized spacial score (nSPS) is 11.3. The van der Waals surface area contributed by atoms with E-state index in [-0.39, 0.29) is 0 Å². The summed E-state index contributed by atoms with van der Waals surface area (Å²) in [4.78, 5) is 4.29. The summed E-state index contributed by atoms with van der Waals surface area (Å²) in [6.45, 7) is 7.19. The molecular weight excluding hydrogens is 248 g/mol. The van der Waals surface area contributed by atoms with Gasteiger partial charge in [-0.3, -0.25) is 0 Å². The molecule has 0 unspecified atom stereocenters. The minimum atomic E-state index is 0.576. The molecule has 0 aliphatic carbocycles. The Morgan fingerprint density at radius 3 is 2.89 bits per heavy atom. The van der Waals surface area contributed by atoms with Gasteiger partial charge in [0.2, 0.25) is 0 Å². The summed E-state index contributed by atoms with van der Waals surface area (Å²) >= 11 is 1.76. The molecule has 0 bridgehead atoms. The van der Waals surface area contributed by atoms with Crippen molar-refractivity contribution in [3.63, 3.8) is 0 Å². The lowest BCUT2D eigenvalue weighted by Gasteiger charge is -2.07. The molecule has 18 heavy (non-hydrogen) atoms. The van der Waals surface area contributed by atoms with E-state index in [9.17, 15) is 0 Å². The molecule has 0 aliphatic rings. The highest BCUT2D eigenvalue weighted by atomic mass is 32.2. The lowest BCUT2D eigenvalue weighted by atomic mass is 10.2. The quantitative estimate of drug-likeness (QED) is 0.804. The van der Waals surface area contributed by atoms with E-state index in [1.807, 2.05) is 17.7 Å². The number of thioether (sulfide) groups is 1. The van der Waals surface area contributed by atoms with Crippen molar-refractivity contribution in [1.82, 2.24) is 19.9 Å². The van der Waals surface area contributed by atoms with Crippen LogP contribution in [-0.2, 0) is 18.1 Å². The van der Waals surface area contributed by atoms with Gasteiger partial charge < -0.3 is 4.52 Å². The molecule has 2 heterocycles. The van der Waals surface area contributed by atoms with Crippen LogP contribution in [0.4, 0.5) is 0 Å². The van der Waals surface area contributed by atoms with Gasteiger partial charge in [0.25, 0.3) is 0 Å². The number of nitrogens with zero attached hydrogens (tertiary/aromatic N) is 4. The highest BCUT2D eigenvalue weighted by Gasteiger charge is 2.07. The van der Waals surface area contributed by atoms with Crippen LogP contribution in [0.2, 0.25) is 0 Å². The molecule has 5 nitrogen and oxygen atoms in total. The van der Waals surface area contributed by atoms with Gasteiger partial charge in [0.1, 0.15) is 17.9 Å². The van der Waals surface area contributed by atoms with Crippen molar-refractivity contribution in [2.24, 2.45) is 5.92 Å². The van der Waals surface area contributed by atoms with E-state index >= 15 is 0 Å². The van der Waals surface area contributed by atoms with Crippen molar-refractivity contribution in [2.45, 2.75) is 38.8 Å². The Kier molecular flexibility index (Phi) is 4.41. The summed E-state index contributed by atoms with van der Waals surface area (Å²) in [5.74, 6) is 4.16. The van der Waals surface area contributed by atoms with Crippen LogP contribution in [-0.4, -0.2) is 19.9 Å². The van der Waals surface area contributed by atoms with E-state index < -0.39 is 0 Å². The van der Waals surface area contributed by atoms with E-state index in [2.05, 4.69) is 29.1 Å². The van der Waals surface area contributed by atoms with Crippen molar-refractivity contribution >= 4 is 11.8 Å². The zero-order valence-corrected chi connectivity index (χ0v) is 11.8. The fourth-order valence-electron chi connectivity index (χ4n) is 1.63. The Morgan fingerprint density at radius 2 is 2.22 bits per heavy atom. The molecule has 0 aliphatic heterocycles. The molecule has 0 radical (unpaired) electrons. The number of aromatic nitrogens is 4. The van der Waals surface area contributed by atoms with Crippen LogP contribution >= 0.6 is 11.8 Å².